The number of nitrogens with one attached hydrogen (secondary N) is 1. The molecule has 31 heavy (non-hydrogen) atoms. The second-order valence-electron chi connectivity index (χ2n) is 6.55. The smallest absolute Gasteiger partial charge is 0.702 e. The number of hydrogen-bond acceptors (Lipinski definition) is 0. The van der Waals surface area contributed by atoms with Crippen molar-refractivity contribution >= 4 is 16.9 Å². The van der Waals surface area contributed by atoms with E-state index < -0.39 is 0 Å². The first-order valence-electron chi connectivity index (χ1n) is 10.4. The minimum atomic E-state index is 0. The molecule has 2 aromatic carbocycles. The predicted octanol–water partition coefficient (Wildman–Crippen LogP) is 8.65. The molecular weight excluding hydrogens is 456 g/mol. The molecule has 3 heteroatoms. The maximum atomic E-state index is 8.13. The van der Waals surface area contributed by atoms with Crippen LogP contribution >= 0.6 is 0 Å². The summed E-state index contributed by atoms with van der Waals surface area (Å²) < 4.78 is 0. The average molecular weight is 486 g/mol. The second kappa shape index (κ2) is 17.2. The number of benzene rings is 2. The monoisotopic (exact) mass is 484 g/mol. The topological polar surface area (TPSA) is 37.9 Å². The summed E-state index contributed by atoms with van der Waals surface area (Å²) in [6.07, 6.45) is 21.6. The van der Waals surface area contributed by atoms with Crippen molar-refractivity contribution in [1.82, 2.24) is 0 Å². The SMILES string of the molecule is CC/C([NH-])=C(\CC)c1ccccc1[N-]c1ccccc1.[CH]1[CH][CH][CH][CH]1.[CH]1[CH][CH][CH][CH]1.[Zr+2]. The van der Waals surface area contributed by atoms with Gasteiger partial charge in [0.05, 0.1) is 0 Å². The van der Waals surface area contributed by atoms with Gasteiger partial charge in [-0.25, -0.2) is 0 Å². The van der Waals surface area contributed by atoms with Gasteiger partial charge in [-0.3, -0.25) is 0 Å². The van der Waals surface area contributed by atoms with Crippen LogP contribution in [0, 0.1) is 64.2 Å². The third-order valence-corrected chi connectivity index (χ3v) is 4.42. The van der Waals surface area contributed by atoms with E-state index >= 15 is 0 Å². The minimum absolute atomic E-state index is 0. The molecule has 156 valence electrons. The van der Waals surface area contributed by atoms with Crippen LogP contribution < -0.4 is 0 Å². The molecule has 0 unspecified atom stereocenters. The van der Waals surface area contributed by atoms with E-state index in [0.717, 1.165) is 35.4 Å². The van der Waals surface area contributed by atoms with Crippen molar-refractivity contribution in [3.63, 3.8) is 0 Å². The molecule has 2 saturated carbocycles. The molecule has 2 aromatic rings. The molecule has 0 aromatic heterocycles. The number of hydrogen-bond donors (Lipinski definition) is 0. The molecule has 1 N–H and O–H groups in total. The molecule has 2 nitrogen and oxygen atoms in total. The molecule has 0 atom stereocenters. The summed E-state index contributed by atoms with van der Waals surface area (Å²) in [4.78, 5) is 0. The Morgan fingerprint density at radius 3 is 1.55 bits per heavy atom. The van der Waals surface area contributed by atoms with Gasteiger partial charge in [0.2, 0.25) is 0 Å². The van der Waals surface area contributed by atoms with E-state index in [4.69, 9.17) is 11.1 Å². The van der Waals surface area contributed by atoms with Crippen LogP contribution in [-0.2, 0) is 26.2 Å². The number of allylic oxidation sites excluding steroid dienone is 2. The Morgan fingerprint density at radius 1 is 0.645 bits per heavy atom. The molecular formula is C28H30N2Zr. The van der Waals surface area contributed by atoms with Gasteiger partial charge in [0.15, 0.2) is 0 Å². The third-order valence-electron chi connectivity index (χ3n) is 4.42. The number of para-hydroxylation sites is 2. The third kappa shape index (κ3) is 10.7. The summed E-state index contributed by atoms with van der Waals surface area (Å²) in [5.41, 5.74) is 12.9. The molecule has 2 fully saturated rings. The molecule has 0 saturated heterocycles. The van der Waals surface area contributed by atoms with Crippen LogP contribution in [-0.4, -0.2) is 0 Å². The van der Waals surface area contributed by atoms with Crippen LogP contribution in [0.25, 0.3) is 16.6 Å². The molecule has 0 bridgehead atoms. The Labute approximate surface area is 210 Å². The largest absolute Gasteiger partial charge is 2.00 e. The molecule has 2 aliphatic rings. The normalized spacial score (nSPS) is 15.4. The molecule has 0 amide bonds. The molecule has 2 aliphatic carbocycles. The Hall–Kier alpha value is -1.34. The Kier molecular flexibility index (Phi) is 15.4. The zero-order valence-electron chi connectivity index (χ0n) is 18.3. The van der Waals surface area contributed by atoms with Crippen LogP contribution in [0.2, 0.25) is 0 Å². The first-order chi connectivity index (χ1) is 14.8. The fourth-order valence-corrected chi connectivity index (χ4v) is 2.89. The first kappa shape index (κ1) is 27.7. The fourth-order valence-electron chi connectivity index (χ4n) is 2.89. The van der Waals surface area contributed by atoms with Gasteiger partial charge in [-0.15, -0.1) is 11.4 Å². The van der Waals surface area contributed by atoms with Gasteiger partial charge in [-0.1, -0.05) is 80.4 Å². The summed E-state index contributed by atoms with van der Waals surface area (Å²) in [7, 11) is 0. The van der Waals surface area contributed by atoms with Crippen molar-refractivity contribution < 1.29 is 26.2 Å². The van der Waals surface area contributed by atoms with Crippen LogP contribution in [0.1, 0.15) is 32.3 Å². The maximum Gasteiger partial charge on any atom is 2.00 e. The van der Waals surface area contributed by atoms with Gasteiger partial charge in [0.1, 0.15) is 0 Å². The van der Waals surface area contributed by atoms with Crippen molar-refractivity contribution in [2.24, 2.45) is 0 Å². The quantitative estimate of drug-likeness (QED) is 0.406. The Balaban J connectivity index is 0.000000356. The van der Waals surface area contributed by atoms with E-state index in [-0.39, 0.29) is 26.2 Å². The Bertz CT molecular complexity index is 706. The van der Waals surface area contributed by atoms with Crippen LogP contribution in [0.5, 0.6) is 0 Å². The summed E-state index contributed by atoms with van der Waals surface area (Å²) in [5, 5.41) is 4.71. The average Bonchev–Trinajstić information content (AvgIpc) is 3.55. The van der Waals surface area contributed by atoms with Crippen molar-refractivity contribution in [2.45, 2.75) is 26.7 Å². The standard InChI is InChI=1S/C18H20N2.2C5H5.Zr/c1-3-15(17(19)4-2)16-12-8-9-13-18(16)20-14-10-6-5-7-11-14;2*1-2-4-5-3-1;/h5-13,19H,3-4H2,1-2H3;2*1-5H;/q-2;;;+2/b17-15-;;;. The summed E-state index contributed by atoms with van der Waals surface area (Å²) in [6.45, 7) is 4.12. The van der Waals surface area contributed by atoms with E-state index in [1.807, 2.05) is 120 Å². The predicted molar refractivity (Wildman–Crippen MR) is 130 cm³/mol. The van der Waals surface area contributed by atoms with E-state index in [1.54, 1.807) is 0 Å². The summed E-state index contributed by atoms with van der Waals surface area (Å²) in [5.74, 6) is 0. The minimum Gasteiger partial charge on any atom is -0.702 e. The van der Waals surface area contributed by atoms with Crippen LogP contribution in [0.4, 0.5) is 11.4 Å². The van der Waals surface area contributed by atoms with E-state index in [1.165, 1.54) is 0 Å². The van der Waals surface area contributed by atoms with Crippen molar-refractivity contribution in [1.29, 1.82) is 0 Å². The molecule has 0 aliphatic heterocycles. The molecule has 0 spiro atoms. The van der Waals surface area contributed by atoms with Crippen molar-refractivity contribution in [3.05, 3.63) is 141 Å². The van der Waals surface area contributed by atoms with Gasteiger partial charge in [0, 0.05) is 0 Å². The fraction of sp³-hybridized carbons (Fsp3) is 0.143. The van der Waals surface area contributed by atoms with Crippen molar-refractivity contribution in [3.8, 4) is 0 Å². The Morgan fingerprint density at radius 2 is 1.10 bits per heavy atom. The number of rotatable bonds is 5. The zero-order chi connectivity index (χ0) is 21.4. The van der Waals surface area contributed by atoms with Gasteiger partial charge >= 0.3 is 26.2 Å². The van der Waals surface area contributed by atoms with E-state index in [0.29, 0.717) is 5.70 Å². The summed E-state index contributed by atoms with van der Waals surface area (Å²) >= 11 is 0. The number of nitrogens with zero attached hydrogens (tertiary/aromatic N) is 1. The molecule has 0 heterocycles. The van der Waals surface area contributed by atoms with Crippen LogP contribution in [0.15, 0.2) is 60.3 Å². The van der Waals surface area contributed by atoms with Gasteiger partial charge in [0.25, 0.3) is 0 Å². The zero-order valence-corrected chi connectivity index (χ0v) is 20.8. The van der Waals surface area contributed by atoms with E-state index in [2.05, 4.69) is 13.0 Å². The van der Waals surface area contributed by atoms with Gasteiger partial charge in [-0.2, -0.15) is 5.70 Å². The molecule has 10 radical (unpaired) electrons. The second-order valence-corrected chi connectivity index (χ2v) is 6.55. The van der Waals surface area contributed by atoms with Crippen LogP contribution in [0.3, 0.4) is 0 Å². The maximum absolute atomic E-state index is 8.13. The van der Waals surface area contributed by atoms with Crippen molar-refractivity contribution in [2.75, 3.05) is 0 Å². The van der Waals surface area contributed by atoms with Gasteiger partial charge < -0.3 is 11.1 Å². The molecule has 4 rings (SSSR count). The van der Waals surface area contributed by atoms with Gasteiger partial charge in [-0.05, 0) is 76.2 Å². The van der Waals surface area contributed by atoms with E-state index in [9.17, 15) is 0 Å². The first-order valence-corrected chi connectivity index (χ1v) is 10.4. The summed E-state index contributed by atoms with van der Waals surface area (Å²) in [6, 6.07) is 18.0.